The summed E-state index contributed by atoms with van der Waals surface area (Å²) in [6, 6.07) is 3.68. The van der Waals surface area contributed by atoms with E-state index in [0.717, 1.165) is 35.7 Å². The van der Waals surface area contributed by atoms with Crippen LogP contribution >= 0.6 is 15.9 Å². The third kappa shape index (κ3) is 4.44. The molecule has 6 nitrogen and oxygen atoms in total. The van der Waals surface area contributed by atoms with Crippen molar-refractivity contribution in [3.8, 4) is 11.5 Å². The molecule has 2 heterocycles. The van der Waals surface area contributed by atoms with E-state index >= 15 is 0 Å². The Morgan fingerprint density at radius 3 is 2.48 bits per heavy atom. The van der Waals surface area contributed by atoms with E-state index in [1.54, 1.807) is 6.92 Å². The number of rotatable bonds is 3. The molecule has 1 aromatic rings. The van der Waals surface area contributed by atoms with Gasteiger partial charge in [0.1, 0.15) is 6.10 Å². The summed E-state index contributed by atoms with van der Waals surface area (Å²) in [7, 11) is 0. The number of carbonyl (C=O) groups is 2. The molecule has 1 atom stereocenters. The zero-order chi connectivity index (χ0) is 20.4. The first-order valence-corrected chi connectivity index (χ1v) is 11.1. The van der Waals surface area contributed by atoms with Crippen molar-refractivity contribution >= 4 is 27.8 Å². The third-order valence-electron chi connectivity index (χ3n) is 5.88. The maximum absolute atomic E-state index is 13.2. The third-order valence-corrected chi connectivity index (χ3v) is 6.57. The van der Waals surface area contributed by atoms with Crippen LogP contribution in [0.25, 0.3) is 0 Å². The highest BCUT2D eigenvalue weighted by Crippen LogP contribution is 2.44. The Bertz CT molecular complexity index is 842. The van der Waals surface area contributed by atoms with Gasteiger partial charge in [-0.25, -0.2) is 4.79 Å². The number of allylic oxidation sites excluding steroid dienone is 1. The maximum Gasteiger partial charge on any atom is 0.336 e. The van der Waals surface area contributed by atoms with Gasteiger partial charge in [0.05, 0.1) is 5.57 Å². The van der Waals surface area contributed by atoms with Gasteiger partial charge >= 0.3 is 5.97 Å². The number of hydrogen-bond acceptors (Lipinski definition) is 5. The van der Waals surface area contributed by atoms with Gasteiger partial charge in [-0.1, -0.05) is 35.2 Å². The minimum absolute atomic E-state index is 0.0541. The highest BCUT2D eigenvalue weighted by atomic mass is 79.9. The predicted octanol–water partition coefficient (Wildman–Crippen LogP) is 4.71. The van der Waals surface area contributed by atoms with Crippen molar-refractivity contribution in [2.75, 3.05) is 6.79 Å². The summed E-state index contributed by atoms with van der Waals surface area (Å²) in [6.07, 6.45) is 7.76. The number of amides is 1. The minimum atomic E-state index is -0.395. The van der Waals surface area contributed by atoms with Gasteiger partial charge in [0.25, 0.3) is 0 Å². The summed E-state index contributed by atoms with van der Waals surface area (Å²) >= 11 is 3.58. The molecule has 4 rings (SSSR count). The van der Waals surface area contributed by atoms with Crippen LogP contribution in [0.1, 0.15) is 69.8 Å². The molecule has 1 fully saturated rings. The van der Waals surface area contributed by atoms with Gasteiger partial charge in [-0.2, -0.15) is 0 Å². The molecule has 7 heteroatoms. The molecule has 0 spiro atoms. The Labute approximate surface area is 179 Å². The SMILES string of the molecule is CC1=C(C(=O)OC2CCCCCCC2)[C@H](c2cc3c(cc2Br)OCO3)CC(=O)N1. The van der Waals surface area contributed by atoms with Crippen LogP contribution in [-0.2, 0) is 14.3 Å². The molecule has 1 amide bonds. The quantitative estimate of drug-likeness (QED) is 0.656. The molecule has 29 heavy (non-hydrogen) atoms. The summed E-state index contributed by atoms with van der Waals surface area (Å²) in [5.41, 5.74) is 1.91. The Morgan fingerprint density at radius 2 is 1.76 bits per heavy atom. The van der Waals surface area contributed by atoms with Crippen molar-refractivity contribution in [2.45, 2.75) is 70.3 Å². The van der Waals surface area contributed by atoms with Crippen LogP contribution in [0.4, 0.5) is 0 Å². The average molecular weight is 464 g/mol. The Balaban J connectivity index is 1.61. The Morgan fingerprint density at radius 1 is 1.10 bits per heavy atom. The van der Waals surface area contributed by atoms with E-state index in [0.29, 0.717) is 22.8 Å². The van der Waals surface area contributed by atoms with Crippen molar-refractivity contribution in [1.82, 2.24) is 5.32 Å². The Hall–Kier alpha value is -2.02. The van der Waals surface area contributed by atoms with E-state index < -0.39 is 5.92 Å². The average Bonchev–Trinajstić information content (AvgIpc) is 3.09. The lowest BCUT2D eigenvalue weighted by Gasteiger charge is -2.29. The van der Waals surface area contributed by atoms with E-state index in [4.69, 9.17) is 14.2 Å². The number of carbonyl (C=O) groups excluding carboxylic acids is 2. The van der Waals surface area contributed by atoms with Crippen LogP contribution in [0.2, 0.25) is 0 Å². The zero-order valence-electron chi connectivity index (χ0n) is 16.6. The fraction of sp³-hybridized carbons (Fsp3) is 0.545. The molecule has 156 valence electrons. The first-order valence-electron chi connectivity index (χ1n) is 10.3. The standard InChI is InChI=1S/C22H26BrNO5/c1-13-21(22(26)29-14-7-5-3-2-4-6-8-14)16(10-20(25)24-13)15-9-18-19(11-17(15)23)28-12-27-18/h9,11,14,16H,2-8,10,12H2,1H3,(H,24,25)/t16-/m0/s1. The number of hydrogen-bond donors (Lipinski definition) is 1. The minimum Gasteiger partial charge on any atom is -0.459 e. The topological polar surface area (TPSA) is 73.9 Å². The predicted molar refractivity (Wildman–Crippen MR) is 111 cm³/mol. The van der Waals surface area contributed by atoms with Crippen LogP contribution in [-0.4, -0.2) is 24.8 Å². The van der Waals surface area contributed by atoms with Crippen LogP contribution < -0.4 is 14.8 Å². The van der Waals surface area contributed by atoms with Gasteiger partial charge in [-0.15, -0.1) is 0 Å². The highest BCUT2D eigenvalue weighted by molar-refractivity contribution is 9.10. The summed E-state index contributed by atoms with van der Waals surface area (Å²) < 4.78 is 17.7. The van der Waals surface area contributed by atoms with E-state index in [9.17, 15) is 9.59 Å². The van der Waals surface area contributed by atoms with Gasteiger partial charge < -0.3 is 19.5 Å². The van der Waals surface area contributed by atoms with Gasteiger partial charge in [0.15, 0.2) is 11.5 Å². The molecular formula is C22H26BrNO5. The smallest absolute Gasteiger partial charge is 0.336 e. The molecule has 1 aliphatic carbocycles. The monoisotopic (exact) mass is 463 g/mol. The van der Waals surface area contributed by atoms with Crippen LogP contribution in [0.3, 0.4) is 0 Å². The molecule has 0 saturated heterocycles. The number of halogens is 1. The summed E-state index contributed by atoms with van der Waals surface area (Å²) in [5.74, 6) is 0.440. The maximum atomic E-state index is 13.2. The van der Waals surface area contributed by atoms with Crippen molar-refractivity contribution in [1.29, 1.82) is 0 Å². The van der Waals surface area contributed by atoms with Crippen molar-refractivity contribution in [3.63, 3.8) is 0 Å². The van der Waals surface area contributed by atoms with Crippen LogP contribution in [0, 0.1) is 0 Å². The molecule has 0 aromatic heterocycles. The molecule has 3 aliphatic rings. The number of esters is 1. The normalized spacial score (nSPS) is 22.7. The summed E-state index contributed by atoms with van der Waals surface area (Å²) in [6.45, 7) is 1.93. The van der Waals surface area contributed by atoms with Crippen molar-refractivity contribution in [2.24, 2.45) is 0 Å². The molecule has 1 aromatic carbocycles. The van der Waals surface area contributed by atoms with E-state index in [1.807, 2.05) is 12.1 Å². The molecule has 1 saturated carbocycles. The summed E-state index contributed by atoms with van der Waals surface area (Å²) in [4.78, 5) is 25.5. The molecule has 0 bridgehead atoms. The fourth-order valence-electron chi connectivity index (χ4n) is 4.39. The zero-order valence-corrected chi connectivity index (χ0v) is 18.2. The van der Waals surface area contributed by atoms with Crippen molar-refractivity contribution < 1.29 is 23.8 Å². The number of benzene rings is 1. The lowest BCUT2D eigenvalue weighted by molar-refractivity contribution is -0.145. The van der Waals surface area contributed by atoms with Crippen LogP contribution in [0.15, 0.2) is 27.9 Å². The molecule has 1 N–H and O–H groups in total. The van der Waals surface area contributed by atoms with Gasteiger partial charge in [0.2, 0.25) is 12.7 Å². The molecular weight excluding hydrogens is 438 g/mol. The second-order valence-corrected chi connectivity index (χ2v) is 8.80. The number of ether oxygens (including phenoxy) is 3. The van der Waals surface area contributed by atoms with Gasteiger partial charge in [-0.3, -0.25) is 4.79 Å². The number of nitrogens with one attached hydrogen (secondary N) is 1. The van der Waals surface area contributed by atoms with E-state index in [1.165, 1.54) is 19.3 Å². The molecule has 2 aliphatic heterocycles. The Kier molecular flexibility index (Phi) is 6.13. The van der Waals surface area contributed by atoms with Gasteiger partial charge in [0, 0.05) is 22.5 Å². The molecule has 0 unspecified atom stereocenters. The highest BCUT2D eigenvalue weighted by Gasteiger charge is 2.35. The summed E-state index contributed by atoms with van der Waals surface area (Å²) in [5, 5.41) is 2.81. The lowest BCUT2D eigenvalue weighted by atomic mass is 9.84. The second-order valence-electron chi connectivity index (χ2n) is 7.94. The van der Waals surface area contributed by atoms with Gasteiger partial charge in [-0.05, 0) is 50.3 Å². The first kappa shape index (κ1) is 20.3. The van der Waals surface area contributed by atoms with E-state index in [2.05, 4.69) is 21.2 Å². The van der Waals surface area contributed by atoms with Crippen molar-refractivity contribution in [3.05, 3.63) is 33.4 Å². The largest absolute Gasteiger partial charge is 0.459 e. The lowest BCUT2D eigenvalue weighted by Crippen LogP contribution is -2.35. The van der Waals surface area contributed by atoms with Crippen LogP contribution in [0.5, 0.6) is 11.5 Å². The first-order chi connectivity index (χ1) is 14.0. The van der Waals surface area contributed by atoms with E-state index in [-0.39, 0.29) is 31.2 Å². The fourth-order valence-corrected chi connectivity index (χ4v) is 4.99. The molecule has 0 radical (unpaired) electrons. The number of fused-ring (bicyclic) bond motifs is 1. The second kappa shape index (κ2) is 8.78.